The molecule has 0 aromatic carbocycles. The van der Waals surface area contributed by atoms with E-state index in [4.69, 9.17) is 9.47 Å². The van der Waals surface area contributed by atoms with Crippen molar-refractivity contribution in [1.82, 2.24) is 4.90 Å². The van der Waals surface area contributed by atoms with E-state index in [0.29, 0.717) is 13.2 Å². The highest BCUT2D eigenvalue weighted by molar-refractivity contribution is 5.82. The summed E-state index contributed by atoms with van der Waals surface area (Å²) in [5.74, 6) is 0.244. The minimum atomic E-state index is -0.431. The molecule has 2 rings (SSSR count). The first-order valence-electron chi connectivity index (χ1n) is 6.61. The second-order valence-corrected chi connectivity index (χ2v) is 5.48. The molecule has 0 saturated carbocycles. The zero-order valence-electron chi connectivity index (χ0n) is 11.1. The minimum absolute atomic E-state index is 0.0417. The number of hydrogen-bond acceptors (Lipinski definition) is 3. The third-order valence-electron chi connectivity index (χ3n) is 3.68. The third-order valence-corrected chi connectivity index (χ3v) is 3.68. The summed E-state index contributed by atoms with van der Waals surface area (Å²) in [6.07, 6.45) is 3.09. The van der Waals surface area contributed by atoms with Crippen LogP contribution in [0.25, 0.3) is 0 Å². The lowest BCUT2D eigenvalue weighted by molar-refractivity contribution is -0.146. The van der Waals surface area contributed by atoms with E-state index in [1.807, 2.05) is 18.7 Å². The van der Waals surface area contributed by atoms with Crippen molar-refractivity contribution >= 4 is 5.91 Å². The van der Waals surface area contributed by atoms with Crippen LogP contribution >= 0.6 is 0 Å². The maximum Gasteiger partial charge on any atom is 0.230 e. The van der Waals surface area contributed by atoms with Gasteiger partial charge in [-0.05, 0) is 26.7 Å². The van der Waals surface area contributed by atoms with Gasteiger partial charge in [0.05, 0.1) is 25.2 Å². The summed E-state index contributed by atoms with van der Waals surface area (Å²) in [6, 6.07) is 0.261. The summed E-state index contributed by atoms with van der Waals surface area (Å²) in [5.41, 5.74) is -0.431. The maximum atomic E-state index is 12.2. The van der Waals surface area contributed by atoms with Crippen LogP contribution in [0.15, 0.2) is 0 Å². The molecule has 2 aliphatic heterocycles. The molecule has 0 bridgehead atoms. The molecule has 0 N–H and O–H groups in total. The van der Waals surface area contributed by atoms with Gasteiger partial charge in [-0.15, -0.1) is 0 Å². The second-order valence-electron chi connectivity index (χ2n) is 5.48. The summed E-state index contributed by atoms with van der Waals surface area (Å²) < 4.78 is 11.2. The van der Waals surface area contributed by atoms with Gasteiger partial charge in [-0.25, -0.2) is 0 Å². The summed E-state index contributed by atoms with van der Waals surface area (Å²) in [7, 11) is 0. The molecule has 17 heavy (non-hydrogen) atoms. The van der Waals surface area contributed by atoms with Gasteiger partial charge in [0, 0.05) is 6.61 Å². The summed E-state index contributed by atoms with van der Waals surface area (Å²) in [6.45, 7) is 8.08. The second kappa shape index (κ2) is 4.94. The van der Waals surface area contributed by atoms with E-state index >= 15 is 0 Å². The Kier molecular flexibility index (Phi) is 3.73. The van der Waals surface area contributed by atoms with Crippen LogP contribution in [0.3, 0.4) is 0 Å². The van der Waals surface area contributed by atoms with Crippen LogP contribution in [0.5, 0.6) is 0 Å². The highest BCUT2D eigenvalue weighted by Gasteiger charge is 2.51. The first kappa shape index (κ1) is 12.8. The number of unbranched alkanes of at least 4 members (excludes halogenated alkanes) is 1. The van der Waals surface area contributed by atoms with Gasteiger partial charge < -0.3 is 14.4 Å². The van der Waals surface area contributed by atoms with Crippen LogP contribution in [-0.2, 0) is 14.3 Å². The van der Waals surface area contributed by atoms with Crippen LogP contribution in [0.4, 0.5) is 0 Å². The van der Waals surface area contributed by atoms with Crippen LogP contribution in [0.1, 0.15) is 40.0 Å². The molecule has 0 aromatic rings. The quantitative estimate of drug-likeness (QED) is 0.689. The molecule has 2 aliphatic rings. The van der Waals surface area contributed by atoms with E-state index in [1.165, 1.54) is 0 Å². The Hall–Kier alpha value is -0.610. The fourth-order valence-electron chi connectivity index (χ4n) is 2.74. The Balaban J connectivity index is 1.86. The SMILES string of the molecule is CCCCOCC1CC2COC(C)(C)N2C1=O. The summed E-state index contributed by atoms with van der Waals surface area (Å²) >= 11 is 0. The Morgan fingerprint density at radius 1 is 1.53 bits per heavy atom. The van der Waals surface area contributed by atoms with Crippen LogP contribution in [-0.4, -0.2) is 42.4 Å². The average molecular weight is 241 g/mol. The highest BCUT2D eigenvalue weighted by Crippen LogP contribution is 2.37. The Labute approximate surface area is 103 Å². The van der Waals surface area contributed by atoms with Gasteiger partial charge in [-0.2, -0.15) is 0 Å². The number of carbonyl (C=O) groups is 1. The van der Waals surface area contributed by atoms with E-state index in [-0.39, 0.29) is 17.9 Å². The lowest BCUT2D eigenvalue weighted by atomic mass is 10.1. The van der Waals surface area contributed by atoms with Crippen LogP contribution in [0.2, 0.25) is 0 Å². The average Bonchev–Trinajstić information content (AvgIpc) is 2.74. The molecular formula is C13H23NO3. The first-order valence-corrected chi connectivity index (χ1v) is 6.61. The topological polar surface area (TPSA) is 38.8 Å². The molecule has 0 aromatic heterocycles. The molecule has 4 heteroatoms. The third kappa shape index (κ3) is 2.47. The van der Waals surface area contributed by atoms with Gasteiger partial charge in [0.2, 0.25) is 5.91 Å². The molecular weight excluding hydrogens is 218 g/mol. The maximum absolute atomic E-state index is 12.2. The Morgan fingerprint density at radius 3 is 2.94 bits per heavy atom. The lowest BCUT2D eigenvalue weighted by Gasteiger charge is -2.29. The van der Waals surface area contributed by atoms with Crippen molar-refractivity contribution in [3.63, 3.8) is 0 Å². The number of hydrogen-bond donors (Lipinski definition) is 0. The van der Waals surface area contributed by atoms with Crippen LogP contribution in [0, 0.1) is 5.92 Å². The smallest absolute Gasteiger partial charge is 0.230 e. The van der Waals surface area contributed by atoms with Gasteiger partial charge in [-0.3, -0.25) is 4.79 Å². The minimum Gasteiger partial charge on any atom is -0.381 e. The first-order chi connectivity index (χ1) is 8.06. The van der Waals surface area contributed by atoms with Gasteiger partial charge >= 0.3 is 0 Å². The fraction of sp³-hybridized carbons (Fsp3) is 0.923. The largest absolute Gasteiger partial charge is 0.381 e. The number of ether oxygens (including phenoxy) is 2. The molecule has 0 radical (unpaired) electrons. The molecule has 2 fully saturated rings. The zero-order chi connectivity index (χ0) is 12.5. The molecule has 2 saturated heterocycles. The van der Waals surface area contributed by atoms with Crippen molar-refractivity contribution in [2.75, 3.05) is 19.8 Å². The number of fused-ring (bicyclic) bond motifs is 1. The normalized spacial score (nSPS) is 31.0. The van der Waals surface area contributed by atoms with Crippen molar-refractivity contribution in [1.29, 1.82) is 0 Å². The summed E-state index contributed by atoms with van der Waals surface area (Å²) in [5, 5.41) is 0. The molecule has 1 amide bonds. The van der Waals surface area contributed by atoms with E-state index in [2.05, 4.69) is 6.92 Å². The standard InChI is InChI=1S/C13H23NO3/c1-4-5-6-16-8-10-7-11-9-17-13(2,3)14(11)12(10)15/h10-11H,4-9H2,1-3H3. The van der Waals surface area contributed by atoms with E-state index in [9.17, 15) is 4.79 Å². The number of carbonyl (C=O) groups excluding carboxylic acids is 1. The number of rotatable bonds is 5. The zero-order valence-corrected chi connectivity index (χ0v) is 11.1. The summed E-state index contributed by atoms with van der Waals surface area (Å²) in [4.78, 5) is 14.1. The van der Waals surface area contributed by atoms with Crippen molar-refractivity contribution in [2.45, 2.75) is 51.8 Å². The molecule has 0 aliphatic carbocycles. The predicted octanol–water partition coefficient (Wildman–Crippen LogP) is 1.79. The molecule has 4 nitrogen and oxygen atoms in total. The van der Waals surface area contributed by atoms with Crippen LogP contribution < -0.4 is 0 Å². The van der Waals surface area contributed by atoms with Crippen molar-refractivity contribution in [3.8, 4) is 0 Å². The lowest BCUT2D eigenvalue weighted by Crippen LogP contribution is -2.44. The molecule has 0 spiro atoms. The molecule has 2 unspecified atom stereocenters. The highest BCUT2D eigenvalue weighted by atomic mass is 16.5. The van der Waals surface area contributed by atoms with E-state index in [0.717, 1.165) is 25.9 Å². The Bertz CT molecular complexity index is 290. The monoisotopic (exact) mass is 241 g/mol. The van der Waals surface area contributed by atoms with Gasteiger partial charge in [0.15, 0.2) is 0 Å². The molecule has 2 heterocycles. The van der Waals surface area contributed by atoms with Crippen molar-refractivity contribution in [3.05, 3.63) is 0 Å². The number of nitrogens with zero attached hydrogens (tertiary/aromatic N) is 1. The van der Waals surface area contributed by atoms with Gasteiger partial charge in [-0.1, -0.05) is 13.3 Å². The predicted molar refractivity (Wildman–Crippen MR) is 64.5 cm³/mol. The number of amides is 1. The Morgan fingerprint density at radius 2 is 2.29 bits per heavy atom. The van der Waals surface area contributed by atoms with Gasteiger partial charge in [0.1, 0.15) is 5.72 Å². The van der Waals surface area contributed by atoms with E-state index in [1.54, 1.807) is 0 Å². The van der Waals surface area contributed by atoms with Crippen molar-refractivity contribution in [2.24, 2.45) is 5.92 Å². The van der Waals surface area contributed by atoms with Crippen molar-refractivity contribution < 1.29 is 14.3 Å². The van der Waals surface area contributed by atoms with E-state index < -0.39 is 5.72 Å². The fourth-order valence-corrected chi connectivity index (χ4v) is 2.74. The van der Waals surface area contributed by atoms with Gasteiger partial charge in [0.25, 0.3) is 0 Å². The molecule has 98 valence electrons. The molecule has 2 atom stereocenters.